The van der Waals surface area contributed by atoms with Gasteiger partial charge < -0.3 is 5.11 Å². The van der Waals surface area contributed by atoms with E-state index in [1.165, 1.54) is 6.07 Å². The first kappa shape index (κ1) is 9.80. The molecule has 1 heterocycles. The minimum atomic E-state index is -0.305. The molecule has 0 saturated carbocycles. The minimum Gasteiger partial charge on any atom is -0.390 e. The summed E-state index contributed by atoms with van der Waals surface area (Å²) < 4.78 is 13.4. The lowest BCUT2D eigenvalue weighted by Gasteiger charge is -2.03. The molecule has 2 rings (SSSR count). The summed E-state index contributed by atoms with van der Waals surface area (Å²) >= 11 is 0. The van der Waals surface area contributed by atoms with E-state index in [2.05, 4.69) is 4.98 Å². The van der Waals surface area contributed by atoms with Crippen LogP contribution in [-0.4, -0.2) is 10.1 Å². The van der Waals surface area contributed by atoms with E-state index < -0.39 is 0 Å². The molecule has 15 heavy (non-hydrogen) atoms. The third-order valence-corrected chi connectivity index (χ3v) is 2.12. The van der Waals surface area contributed by atoms with Gasteiger partial charge in [0.05, 0.1) is 18.0 Å². The van der Waals surface area contributed by atoms with Gasteiger partial charge in [0.2, 0.25) is 0 Å². The van der Waals surface area contributed by atoms with Crippen LogP contribution in [0.5, 0.6) is 0 Å². The average molecular weight is 203 g/mol. The fourth-order valence-corrected chi connectivity index (χ4v) is 1.39. The van der Waals surface area contributed by atoms with Crippen LogP contribution in [0.1, 0.15) is 5.69 Å². The van der Waals surface area contributed by atoms with E-state index in [9.17, 15) is 4.39 Å². The second-order valence-electron chi connectivity index (χ2n) is 3.15. The van der Waals surface area contributed by atoms with E-state index in [0.29, 0.717) is 17.0 Å². The van der Waals surface area contributed by atoms with Crippen LogP contribution in [-0.2, 0) is 6.61 Å². The molecule has 0 atom stereocenters. The molecule has 0 aliphatic heterocycles. The Hall–Kier alpha value is -1.74. The molecule has 1 aromatic heterocycles. The Bertz CT molecular complexity index is 471. The van der Waals surface area contributed by atoms with Crippen LogP contribution in [0.25, 0.3) is 11.3 Å². The molecule has 0 fully saturated rings. The van der Waals surface area contributed by atoms with Crippen LogP contribution in [0.4, 0.5) is 4.39 Å². The molecule has 3 heteroatoms. The van der Waals surface area contributed by atoms with E-state index in [1.54, 1.807) is 36.4 Å². The Kier molecular flexibility index (Phi) is 2.74. The molecule has 2 aromatic rings. The molecule has 2 nitrogen and oxygen atoms in total. The van der Waals surface area contributed by atoms with Gasteiger partial charge in [-0.25, -0.2) is 4.39 Å². The molecule has 0 spiro atoms. The SMILES string of the molecule is OCc1cccc(-c2ccccc2F)n1. The average Bonchev–Trinajstić information content (AvgIpc) is 2.30. The van der Waals surface area contributed by atoms with Crippen molar-refractivity contribution in [2.75, 3.05) is 0 Å². The van der Waals surface area contributed by atoms with Crippen LogP contribution in [0.3, 0.4) is 0 Å². The standard InChI is InChI=1S/C12H10FNO/c13-11-6-2-1-5-10(11)12-7-3-4-9(8-15)14-12/h1-7,15H,8H2. The first-order valence-corrected chi connectivity index (χ1v) is 4.63. The van der Waals surface area contributed by atoms with Gasteiger partial charge in [-0.15, -0.1) is 0 Å². The molecule has 0 unspecified atom stereocenters. The Morgan fingerprint density at radius 3 is 2.60 bits per heavy atom. The number of pyridine rings is 1. The summed E-state index contributed by atoms with van der Waals surface area (Å²) in [6.07, 6.45) is 0. The lowest BCUT2D eigenvalue weighted by Crippen LogP contribution is -1.92. The van der Waals surface area contributed by atoms with Crippen LogP contribution < -0.4 is 0 Å². The van der Waals surface area contributed by atoms with Crippen molar-refractivity contribution in [3.8, 4) is 11.3 Å². The summed E-state index contributed by atoms with van der Waals surface area (Å²) in [4.78, 5) is 4.13. The number of halogens is 1. The molecule has 0 saturated heterocycles. The van der Waals surface area contributed by atoms with E-state index >= 15 is 0 Å². The van der Waals surface area contributed by atoms with Gasteiger partial charge >= 0.3 is 0 Å². The topological polar surface area (TPSA) is 33.1 Å². The van der Waals surface area contributed by atoms with Crippen LogP contribution in [0.15, 0.2) is 42.5 Å². The summed E-state index contributed by atoms with van der Waals surface area (Å²) in [5, 5.41) is 8.92. The third kappa shape index (κ3) is 2.02. The van der Waals surface area contributed by atoms with Crippen molar-refractivity contribution >= 4 is 0 Å². The normalized spacial score (nSPS) is 10.3. The lowest BCUT2D eigenvalue weighted by molar-refractivity contribution is 0.277. The largest absolute Gasteiger partial charge is 0.390 e. The monoisotopic (exact) mass is 203 g/mol. The van der Waals surface area contributed by atoms with Crippen molar-refractivity contribution in [2.45, 2.75) is 6.61 Å². The van der Waals surface area contributed by atoms with Crippen molar-refractivity contribution < 1.29 is 9.50 Å². The highest BCUT2D eigenvalue weighted by Gasteiger charge is 2.05. The molecular weight excluding hydrogens is 193 g/mol. The van der Waals surface area contributed by atoms with Gasteiger partial charge in [0.15, 0.2) is 0 Å². The molecule has 0 radical (unpaired) electrons. The quantitative estimate of drug-likeness (QED) is 0.812. The van der Waals surface area contributed by atoms with Gasteiger partial charge in [0.1, 0.15) is 5.82 Å². The second-order valence-corrected chi connectivity index (χ2v) is 3.15. The number of aliphatic hydroxyl groups excluding tert-OH is 1. The maximum atomic E-state index is 13.4. The highest BCUT2D eigenvalue weighted by molar-refractivity contribution is 5.59. The molecule has 1 N–H and O–H groups in total. The predicted octanol–water partition coefficient (Wildman–Crippen LogP) is 2.38. The fourth-order valence-electron chi connectivity index (χ4n) is 1.39. The molecular formula is C12H10FNO. The van der Waals surface area contributed by atoms with Crippen molar-refractivity contribution in [1.82, 2.24) is 4.98 Å². The first-order valence-electron chi connectivity index (χ1n) is 4.63. The highest BCUT2D eigenvalue weighted by Crippen LogP contribution is 2.20. The van der Waals surface area contributed by atoms with Gasteiger partial charge in [-0.1, -0.05) is 18.2 Å². The molecule has 0 amide bonds. The lowest BCUT2D eigenvalue weighted by atomic mass is 10.1. The molecule has 1 aromatic carbocycles. The van der Waals surface area contributed by atoms with Crippen molar-refractivity contribution in [2.24, 2.45) is 0 Å². The first-order chi connectivity index (χ1) is 7.31. The zero-order valence-corrected chi connectivity index (χ0v) is 8.02. The van der Waals surface area contributed by atoms with Crippen LogP contribution in [0.2, 0.25) is 0 Å². The summed E-state index contributed by atoms with van der Waals surface area (Å²) in [5.41, 5.74) is 1.53. The number of hydrogen-bond donors (Lipinski definition) is 1. The van der Waals surface area contributed by atoms with Gasteiger partial charge in [-0.05, 0) is 24.3 Å². The van der Waals surface area contributed by atoms with Crippen LogP contribution in [0, 0.1) is 5.82 Å². The van der Waals surface area contributed by atoms with Crippen molar-refractivity contribution in [1.29, 1.82) is 0 Å². The van der Waals surface area contributed by atoms with Gasteiger partial charge in [0, 0.05) is 5.56 Å². The van der Waals surface area contributed by atoms with E-state index in [-0.39, 0.29) is 12.4 Å². The maximum absolute atomic E-state index is 13.4. The molecule has 0 aliphatic carbocycles. The zero-order chi connectivity index (χ0) is 10.7. The van der Waals surface area contributed by atoms with Crippen molar-refractivity contribution in [3.63, 3.8) is 0 Å². The zero-order valence-electron chi connectivity index (χ0n) is 8.02. The fraction of sp³-hybridized carbons (Fsp3) is 0.0833. The Balaban J connectivity index is 2.49. The number of aliphatic hydroxyl groups is 1. The Labute approximate surface area is 87.0 Å². The summed E-state index contributed by atoms with van der Waals surface area (Å²) in [6, 6.07) is 11.6. The predicted molar refractivity (Wildman–Crippen MR) is 55.6 cm³/mol. The minimum absolute atomic E-state index is 0.137. The Morgan fingerprint density at radius 1 is 1.07 bits per heavy atom. The third-order valence-electron chi connectivity index (χ3n) is 2.12. The number of hydrogen-bond acceptors (Lipinski definition) is 2. The van der Waals surface area contributed by atoms with E-state index in [1.807, 2.05) is 0 Å². The van der Waals surface area contributed by atoms with Crippen LogP contribution >= 0.6 is 0 Å². The molecule has 0 aliphatic rings. The number of benzene rings is 1. The summed E-state index contributed by atoms with van der Waals surface area (Å²) in [5.74, 6) is -0.305. The highest BCUT2D eigenvalue weighted by atomic mass is 19.1. The van der Waals surface area contributed by atoms with Crippen molar-refractivity contribution in [3.05, 3.63) is 54.0 Å². The second kappa shape index (κ2) is 4.19. The summed E-state index contributed by atoms with van der Waals surface area (Å²) in [7, 11) is 0. The number of rotatable bonds is 2. The Morgan fingerprint density at radius 2 is 1.87 bits per heavy atom. The number of aromatic nitrogens is 1. The molecule has 76 valence electrons. The van der Waals surface area contributed by atoms with Gasteiger partial charge in [0.25, 0.3) is 0 Å². The number of nitrogens with zero attached hydrogens (tertiary/aromatic N) is 1. The van der Waals surface area contributed by atoms with E-state index in [0.717, 1.165) is 0 Å². The van der Waals surface area contributed by atoms with Gasteiger partial charge in [-0.3, -0.25) is 4.98 Å². The maximum Gasteiger partial charge on any atom is 0.132 e. The smallest absolute Gasteiger partial charge is 0.132 e. The van der Waals surface area contributed by atoms with Gasteiger partial charge in [-0.2, -0.15) is 0 Å². The molecule has 0 bridgehead atoms. The van der Waals surface area contributed by atoms with E-state index in [4.69, 9.17) is 5.11 Å². The summed E-state index contributed by atoms with van der Waals surface area (Å²) in [6.45, 7) is -0.137.